The molecule has 9 heteroatoms. The summed E-state index contributed by atoms with van der Waals surface area (Å²) in [5.41, 5.74) is 0.232. The third kappa shape index (κ3) is 4.18. The molecule has 0 radical (unpaired) electrons. The maximum absolute atomic E-state index is 14.1. The van der Waals surface area contributed by atoms with Gasteiger partial charge in [0.15, 0.2) is 5.65 Å². The van der Waals surface area contributed by atoms with Gasteiger partial charge in [-0.15, -0.1) is 10.2 Å². The Morgan fingerprint density at radius 3 is 2.55 bits per heavy atom. The van der Waals surface area contributed by atoms with Crippen molar-refractivity contribution in [2.45, 2.75) is 51.3 Å². The van der Waals surface area contributed by atoms with Gasteiger partial charge in [-0.25, -0.2) is 0 Å². The zero-order valence-corrected chi connectivity index (χ0v) is 17.3. The summed E-state index contributed by atoms with van der Waals surface area (Å²) in [4.78, 5) is 5.94. The van der Waals surface area contributed by atoms with Gasteiger partial charge < -0.3 is 9.64 Å². The van der Waals surface area contributed by atoms with E-state index in [1.165, 1.54) is 4.40 Å². The van der Waals surface area contributed by atoms with E-state index in [0.717, 1.165) is 24.3 Å². The van der Waals surface area contributed by atoms with Crippen LogP contribution in [-0.2, 0) is 12.6 Å². The first kappa shape index (κ1) is 20.1. The second-order valence-electron chi connectivity index (χ2n) is 8.47. The zero-order valence-electron chi connectivity index (χ0n) is 17.3. The van der Waals surface area contributed by atoms with Crippen molar-refractivity contribution in [3.8, 4) is 5.75 Å². The number of hydrogen-bond donors (Lipinski definition) is 0. The molecule has 5 rings (SSSR count). The first-order valence-corrected chi connectivity index (χ1v) is 10.7. The molecule has 1 saturated carbocycles. The molecule has 1 aliphatic heterocycles. The second kappa shape index (κ2) is 7.69. The van der Waals surface area contributed by atoms with Gasteiger partial charge in [-0.3, -0.25) is 9.38 Å². The van der Waals surface area contributed by atoms with E-state index in [1.807, 2.05) is 13.0 Å². The SMILES string of the molecule is Cc1cc(OC2CCN(c3ccn4c(CC5CC5)nnc4c3C(F)(F)F)CC2)ccn1. The molecule has 0 atom stereocenters. The van der Waals surface area contributed by atoms with Gasteiger partial charge in [0.25, 0.3) is 0 Å². The maximum atomic E-state index is 14.1. The van der Waals surface area contributed by atoms with Crippen molar-refractivity contribution in [2.75, 3.05) is 18.0 Å². The molecule has 0 N–H and O–H groups in total. The van der Waals surface area contributed by atoms with Crippen molar-refractivity contribution in [1.29, 1.82) is 0 Å². The third-order valence-electron chi connectivity index (χ3n) is 6.03. The maximum Gasteiger partial charge on any atom is 0.422 e. The number of piperidine rings is 1. The van der Waals surface area contributed by atoms with E-state index in [9.17, 15) is 13.2 Å². The molecule has 3 aromatic rings. The van der Waals surface area contributed by atoms with Crippen LogP contribution in [0.3, 0.4) is 0 Å². The summed E-state index contributed by atoms with van der Waals surface area (Å²) in [6, 6.07) is 5.23. The Morgan fingerprint density at radius 1 is 1.10 bits per heavy atom. The number of nitrogens with zero attached hydrogens (tertiary/aromatic N) is 5. The molecule has 0 spiro atoms. The van der Waals surface area contributed by atoms with Crippen LogP contribution < -0.4 is 9.64 Å². The third-order valence-corrected chi connectivity index (χ3v) is 6.03. The molecule has 0 unspecified atom stereocenters. The fraction of sp³-hybridized carbons (Fsp3) is 0.500. The van der Waals surface area contributed by atoms with Crippen LogP contribution in [0.5, 0.6) is 5.75 Å². The summed E-state index contributed by atoms with van der Waals surface area (Å²) >= 11 is 0. The van der Waals surface area contributed by atoms with Gasteiger partial charge in [0.1, 0.15) is 23.2 Å². The molecule has 31 heavy (non-hydrogen) atoms. The first-order valence-electron chi connectivity index (χ1n) is 10.7. The lowest BCUT2D eigenvalue weighted by molar-refractivity contribution is -0.136. The Labute approximate surface area is 178 Å². The molecule has 0 bridgehead atoms. The van der Waals surface area contributed by atoms with Crippen LogP contribution in [0, 0.1) is 12.8 Å². The Hall–Kier alpha value is -2.84. The second-order valence-corrected chi connectivity index (χ2v) is 8.47. The quantitative estimate of drug-likeness (QED) is 0.597. The van der Waals surface area contributed by atoms with Gasteiger partial charge in [-0.2, -0.15) is 13.2 Å². The number of ether oxygens (including phenoxy) is 1. The zero-order chi connectivity index (χ0) is 21.6. The van der Waals surface area contributed by atoms with Crippen LogP contribution in [0.1, 0.15) is 42.8 Å². The van der Waals surface area contributed by atoms with Gasteiger partial charge in [0.05, 0.1) is 5.69 Å². The van der Waals surface area contributed by atoms with Gasteiger partial charge in [0, 0.05) is 56.5 Å². The van der Waals surface area contributed by atoms with Crippen LogP contribution in [-0.4, -0.2) is 38.8 Å². The summed E-state index contributed by atoms with van der Waals surface area (Å²) in [7, 11) is 0. The van der Waals surface area contributed by atoms with Crippen molar-refractivity contribution in [1.82, 2.24) is 19.6 Å². The van der Waals surface area contributed by atoms with Gasteiger partial charge in [-0.05, 0) is 37.8 Å². The normalized spacial score (nSPS) is 18.0. The van der Waals surface area contributed by atoms with Crippen molar-refractivity contribution in [2.24, 2.45) is 5.92 Å². The summed E-state index contributed by atoms with van der Waals surface area (Å²) in [6.45, 7) is 2.86. The molecular weight excluding hydrogens is 407 g/mol. The van der Waals surface area contributed by atoms with Crippen LogP contribution >= 0.6 is 0 Å². The minimum Gasteiger partial charge on any atom is -0.490 e. The number of halogens is 3. The van der Waals surface area contributed by atoms with E-state index in [0.29, 0.717) is 44.1 Å². The lowest BCUT2D eigenvalue weighted by Crippen LogP contribution is -2.39. The molecular formula is C22H24F3N5O. The molecule has 1 saturated heterocycles. The van der Waals surface area contributed by atoms with E-state index in [-0.39, 0.29) is 17.4 Å². The van der Waals surface area contributed by atoms with Crippen molar-refractivity contribution in [3.05, 3.63) is 47.7 Å². The van der Waals surface area contributed by atoms with E-state index < -0.39 is 11.7 Å². The lowest BCUT2D eigenvalue weighted by Gasteiger charge is -2.35. The average Bonchev–Trinajstić information content (AvgIpc) is 3.46. The number of anilines is 1. The van der Waals surface area contributed by atoms with Crippen LogP contribution in [0.25, 0.3) is 5.65 Å². The molecule has 0 aromatic carbocycles. The topological polar surface area (TPSA) is 55.6 Å². The highest BCUT2D eigenvalue weighted by atomic mass is 19.4. The van der Waals surface area contributed by atoms with Crippen molar-refractivity contribution in [3.63, 3.8) is 0 Å². The largest absolute Gasteiger partial charge is 0.490 e. The lowest BCUT2D eigenvalue weighted by atomic mass is 10.1. The fourth-order valence-electron chi connectivity index (χ4n) is 4.25. The number of rotatable bonds is 5. The number of alkyl halides is 3. The highest BCUT2D eigenvalue weighted by Crippen LogP contribution is 2.41. The van der Waals surface area contributed by atoms with Crippen LogP contribution in [0.2, 0.25) is 0 Å². The summed E-state index contributed by atoms with van der Waals surface area (Å²) < 4.78 is 49.8. The minimum absolute atomic E-state index is 0.0330. The molecule has 6 nitrogen and oxygen atoms in total. The highest BCUT2D eigenvalue weighted by Gasteiger charge is 2.40. The molecule has 1 aliphatic carbocycles. The van der Waals surface area contributed by atoms with E-state index in [1.54, 1.807) is 29.4 Å². The van der Waals surface area contributed by atoms with Gasteiger partial charge in [0.2, 0.25) is 0 Å². The first-order chi connectivity index (χ1) is 14.9. The number of fused-ring (bicyclic) bond motifs is 1. The van der Waals surface area contributed by atoms with Crippen LogP contribution in [0.4, 0.5) is 18.9 Å². The molecule has 2 aliphatic rings. The number of pyridine rings is 2. The Morgan fingerprint density at radius 2 is 1.87 bits per heavy atom. The van der Waals surface area contributed by atoms with Crippen molar-refractivity contribution >= 4 is 11.3 Å². The van der Waals surface area contributed by atoms with Gasteiger partial charge >= 0.3 is 6.18 Å². The van der Waals surface area contributed by atoms with E-state index in [2.05, 4.69) is 15.2 Å². The van der Waals surface area contributed by atoms with E-state index in [4.69, 9.17) is 4.74 Å². The Kier molecular flexibility index (Phi) is 4.98. The summed E-state index contributed by atoms with van der Waals surface area (Å²) in [6.07, 6.45) is 3.01. The van der Waals surface area contributed by atoms with Gasteiger partial charge in [-0.1, -0.05) is 0 Å². The molecule has 164 valence electrons. The minimum atomic E-state index is -4.51. The fourth-order valence-corrected chi connectivity index (χ4v) is 4.25. The smallest absolute Gasteiger partial charge is 0.422 e. The summed E-state index contributed by atoms with van der Waals surface area (Å²) in [5.74, 6) is 1.87. The van der Waals surface area contributed by atoms with Crippen molar-refractivity contribution < 1.29 is 17.9 Å². The predicted octanol–water partition coefficient (Wildman–Crippen LogP) is 4.45. The standard InChI is InChI=1S/C22H24F3N5O/c1-14-12-17(4-8-26-14)31-16-5-9-29(10-6-16)18-7-11-30-19(13-15-2-3-15)27-28-21(30)20(18)22(23,24)25/h4,7-8,11-12,15-16H,2-3,5-6,9-10,13H2,1H3. The number of aromatic nitrogens is 4. The number of hydrogen-bond acceptors (Lipinski definition) is 5. The average molecular weight is 431 g/mol. The predicted molar refractivity (Wildman–Crippen MR) is 109 cm³/mol. The molecule has 4 heterocycles. The Bertz CT molecular complexity index is 1080. The number of aryl methyl sites for hydroxylation is 1. The molecule has 3 aromatic heterocycles. The molecule has 2 fully saturated rings. The molecule has 0 amide bonds. The van der Waals surface area contributed by atoms with Crippen LogP contribution in [0.15, 0.2) is 30.6 Å². The van der Waals surface area contributed by atoms with E-state index >= 15 is 0 Å². The monoisotopic (exact) mass is 431 g/mol. The highest BCUT2D eigenvalue weighted by molar-refractivity contribution is 5.67. The Balaban J connectivity index is 1.37. The summed E-state index contributed by atoms with van der Waals surface area (Å²) in [5, 5.41) is 8.01.